The summed E-state index contributed by atoms with van der Waals surface area (Å²) in [5.74, 6) is 1.81. The number of methoxy groups -OCH3 is 2. The van der Waals surface area contributed by atoms with Crippen molar-refractivity contribution in [2.75, 3.05) is 14.2 Å². The largest absolute Gasteiger partial charge is 0.507 e. The highest BCUT2D eigenvalue weighted by molar-refractivity contribution is 5.89. The molecule has 6 nitrogen and oxygen atoms in total. The summed E-state index contributed by atoms with van der Waals surface area (Å²) in [4.78, 5) is 4.95. The summed E-state index contributed by atoms with van der Waals surface area (Å²) >= 11 is 0. The van der Waals surface area contributed by atoms with Crippen molar-refractivity contribution >= 4 is 6.21 Å². The van der Waals surface area contributed by atoms with Gasteiger partial charge >= 0.3 is 0 Å². The molecule has 0 aliphatic heterocycles. The van der Waals surface area contributed by atoms with Gasteiger partial charge in [0.15, 0.2) is 0 Å². The molecule has 0 unspecified atom stereocenters. The molecule has 0 radical (unpaired) electrons. The molecule has 3 N–H and O–H groups in total. The van der Waals surface area contributed by atoms with Gasteiger partial charge in [-0.1, -0.05) is 73.5 Å². The van der Waals surface area contributed by atoms with Gasteiger partial charge in [-0.25, -0.2) is 0 Å². The minimum absolute atomic E-state index is 0.0425. The lowest BCUT2D eigenvalue weighted by molar-refractivity contribution is 0.326. The van der Waals surface area contributed by atoms with Crippen LogP contribution in [0.1, 0.15) is 36.8 Å². The lowest BCUT2D eigenvalue weighted by Crippen LogP contribution is -2.40. The van der Waals surface area contributed by atoms with E-state index in [1.165, 1.54) is 0 Å². The van der Waals surface area contributed by atoms with E-state index in [9.17, 15) is 10.2 Å². The maximum atomic E-state index is 11.1. The summed E-state index contributed by atoms with van der Waals surface area (Å²) in [7, 11) is 3.27. The Morgan fingerprint density at radius 1 is 0.775 bits per heavy atom. The molecule has 0 bridgehead atoms. The Kier molecular flexibility index (Phi) is 8.67. The maximum Gasteiger partial charge on any atom is 0.132 e. The first-order chi connectivity index (χ1) is 19.6. The van der Waals surface area contributed by atoms with Crippen LogP contribution in [0.5, 0.6) is 23.0 Å². The molecule has 6 heteroatoms. The molecule has 0 heterocycles. The Morgan fingerprint density at radius 3 is 1.98 bits per heavy atom. The topological polar surface area (TPSA) is 83.3 Å². The Bertz CT molecular complexity index is 1450. The normalized spacial score (nSPS) is 17.1. The van der Waals surface area contributed by atoms with E-state index < -0.39 is 0 Å². The summed E-state index contributed by atoms with van der Waals surface area (Å²) in [6.45, 7) is 0.488. The molecule has 40 heavy (non-hydrogen) atoms. The number of nitrogens with one attached hydrogen (secondary N) is 1. The van der Waals surface area contributed by atoms with Crippen molar-refractivity contribution in [1.29, 1.82) is 0 Å². The lowest BCUT2D eigenvalue weighted by atomic mass is 9.90. The summed E-state index contributed by atoms with van der Waals surface area (Å²) < 4.78 is 11.1. The van der Waals surface area contributed by atoms with E-state index in [1.54, 1.807) is 20.4 Å². The molecule has 5 rings (SSSR count). The average Bonchev–Trinajstić information content (AvgIpc) is 3.01. The third kappa shape index (κ3) is 6.13. The second-order valence-corrected chi connectivity index (χ2v) is 10.1. The minimum atomic E-state index is 0.0425. The molecular weight excluding hydrogens is 500 g/mol. The van der Waals surface area contributed by atoms with Crippen LogP contribution in [0.2, 0.25) is 0 Å². The van der Waals surface area contributed by atoms with Crippen LogP contribution in [-0.4, -0.2) is 42.7 Å². The minimum Gasteiger partial charge on any atom is -0.507 e. The first kappa shape index (κ1) is 27.3. The fourth-order valence-electron chi connectivity index (χ4n) is 5.38. The average molecular weight is 537 g/mol. The van der Waals surface area contributed by atoms with Crippen LogP contribution in [0, 0.1) is 0 Å². The summed E-state index contributed by atoms with van der Waals surface area (Å²) in [5.41, 5.74) is 4.72. The van der Waals surface area contributed by atoms with Gasteiger partial charge < -0.3 is 25.0 Å². The van der Waals surface area contributed by atoms with Crippen molar-refractivity contribution in [3.8, 4) is 45.3 Å². The molecule has 0 saturated heterocycles. The Labute approximate surface area is 236 Å². The number of nitrogens with zero attached hydrogens (tertiary/aromatic N) is 1. The zero-order valence-electron chi connectivity index (χ0n) is 23.0. The highest BCUT2D eigenvalue weighted by atomic mass is 16.5. The quantitative estimate of drug-likeness (QED) is 0.201. The molecule has 1 fully saturated rings. The van der Waals surface area contributed by atoms with Crippen LogP contribution in [0.4, 0.5) is 0 Å². The lowest BCUT2D eigenvalue weighted by Gasteiger charge is -2.30. The second kappa shape index (κ2) is 12.7. The first-order valence-electron chi connectivity index (χ1n) is 13.8. The molecule has 1 aliphatic rings. The summed E-state index contributed by atoms with van der Waals surface area (Å²) in [6.07, 6.45) is 5.92. The molecule has 0 spiro atoms. The Morgan fingerprint density at radius 2 is 1.35 bits per heavy atom. The van der Waals surface area contributed by atoms with E-state index in [0.717, 1.165) is 47.9 Å². The molecule has 2 atom stereocenters. The van der Waals surface area contributed by atoms with Crippen molar-refractivity contribution < 1.29 is 19.7 Å². The molecule has 206 valence electrons. The smallest absolute Gasteiger partial charge is 0.132 e. The monoisotopic (exact) mass is 536 g/mol. The van der Waals surface area contributed by atoms with Crippen LogP contribution in [-0.2, 0) is 6.54 Å². The number of hydrogen-bond acceptors (Lipinski definition) is 6. The van der Waals surface area contributed by atoms with Gasteiger partial charge in [0.1, 0.15) is 23.0 Å². The van der Waals surface area contributed by atoms with E-state index in [0.29, 0.717) is 29.2 Å². The van der Waals surface area contributed by atoms with Gasteiger partial charge in [-0.3, -0.25) is 4.99 Å². The van der Waals surface area contributed by atoms with E-state index in [-0.39, 0.29) is 23.6 Å². The second-order valence-electron chi connectivity index (χ2n) is 10.1. The predicted octanol–water partition coefficient (Wildman–Crippen LogP) is 6.97. The molecular formula is C34H36N2O4. The highest BCUT2D eigenvalue weighted by Crippen LogP contribution is 2.37. The number of hydrogen-bond donors (Lipinski definition) is 3. The van der Waals surface area contributed by atoms with Gasteiger partial charge in [0.2, 0.25) is 0 Å². The van der Waals surface area contributed by atoms with Crippen molar-refractivity contribution in [3.63, 3.8) is 0 Å². The number of aliphatic imine (C=N–C) groups is 1. The van der Waals surface area contributed by atoms with Crippen LogP contribution >= 0.6 is 0 Å². The zero-order valence-corrected chi connectivity index (χ0v) is 23.0. The van der Waals surface area contributed by atoms with Crippen LogP contribution < -0.4 is 14.8 Å². The van der Waals surface area contributed by atoms with Gasteiger partial charge in [-0.05, 0) is 48.2 Å². The fourth-order valence-corrected chi connectivity index (χ4v) is 5.38. The molecule has 1 aliphatic carbocycles. The number of ether oxygens (including phenoxy) is 2. The van der Waals surface area contributed by atoms with Crippen LogP contribution in [0.3, 0.4) is 0 Å². The Hall–Kier alpha value is -4.29. The first-order valence-corrected chi connectivity index (χ1v) is 13.8. The van der Waals surface area contributed by atoms with Gasteiger partial charge in [-0.2, -0.15) is 0 Å². The number of rotatable bonds is 9. The Balaban J connectivity index is 1.37. The third-order valence-corrected chi connectivity index (χ3v) is 7.61. The van der Waals surface area contributed by atoms with Gasteiger partial charge in [0, 0.05) is 41.1 Å². The summed E-state index contributed by atoms with van der Waals surface area (Å²) in [5, 5.41) is 25.9. The molecule has 4 aromatic carbocycles. The number of phenols is 2. The molecule has 0 aromatic heterocycles. The van der Waals surface area contributed by atoms with E-state index in [2.05, 4.69) is 5.32 Å². The van der Waals surface area contributed by atoms with E-state index >= 15 is 0 Å². The van der Waals surface area contributed by atoms with Crippen molar-refractivity contribution in [3.05, 3.63) is 96.1 Å². The number of aromatic hydroxyl groups is 2. The molecule has 4 aromatic rings. The maximum absolute atomic E-state index is 11.1. The molecule has 0 amide bonds. The highest BCUT2D eigenvalue weighted by Gasteiger charge is 2.25. The van der Waals surface area contributed by atoms with Crippen molar-refractivity contribution in [1.82, 2.24) is 5.32 Å². The predicted molar refractivity (Wildman–Crippen MR) is 161 cm³/mol. The van der Waals surface area contributed by atoms with Gasteiger partial charge in [0.25, 0.3) is 0 Å². The van der Waals surface area contributed by atoms with Crippen molar-refractivity contribution in [2.45, 2.75) is 44.3 Å². The third-order valence-electron chi connectivity index (χ3n) is 7.61. The van der Waals surface area contributed by atoms with Crippen LogP contribution in [0.15, 0.2) is 89.9 Å². The van der Waals surface area contributed by atoms with Crippen molar-refractivity contribution in [2.24, 2.45) is 4.99 Å². The van der Waals surface area contributed by atoms with E-state index in [1.807, 2.05) is 84.9 Å². The van der Waals surface area contributed by atoms with Crippen LogP contribution in [0.25, 0.3) is 22.3 Å². The zero-order chi connectivity index (χ0) is 27.9. The SMILES string of the molecule is COc1cc(C=N[C@@H]2CCCC[C@H]2NCc2cc(OC)cc(-c3ccccc3)c2O)c(O)c(-c2ccccc2)c1. The number of benzene rings is 4. The standard InChI is InChI=1S/C34H36N2O4/c1-39-27-17-25(33(37)29(19-27)23-11-5-3-6-12-23)21-35-31-15-9-10-16-32(31)36-22-26-18-28(40-2)20-30(34(26)38)24-13-7-4-8-14-24/h3-8,11-14,17-21,31-32,36-38H,9-10,15-16,22H2,1-2H3/t31-,32-/m1/s1. The van der Waals surface area contributed by atoms with Gasteiger partial charge in [-0.15, -0.1) is 0 Å². The number of phenolic OH excluding ortho intramolecular Hbond substituents is 2. The molecule has 1 saturated carbocycles. The summed E-state index contributed by atoms with van der Waals surface area (Å²) in [6, 6.07) is 27.2. The van der Waals surface area contributed by atoms with E-state index in [4.69, 9.17) is 14.5 Å². The van der Waals surface area contributed by atoms with Gasteiger partial charge in [0.05, 0.1) is 20.3 Å². The fraction of sp³-hybridized carbons (Fsp3) is 0.265.